The van der Waals surface area contributed by atoms with Crippen molar-refractivity contribution in [2.45, 2.75) is 51.5 Å². The normalized spacial score (nSPS) is 17.5. The zero-order valence-electron chi connectivity index (χ0n) is 15.8. The molecule has 0 spiro atoms. The van der Waals surface area contributed by atoms with E-state index in [0.29, 0.717) is 24.6 Å². The molecule has 0 N–H and O–H groups in total. The van der Waals surface area contributed by atoms with E-state index in [1.54, 1.807) is 0 Å². The number of pyridine rings is 1. The molecular weight excluding hydrogens is 330 g/mol. The highest BCUT2D eigenvalue weighted by Gasteiger charge is 2.26. The van der Waals surface area contributed by atoms with Crippen LogP contribution in [-0.2, 0) is 11.2 Å². The van der Waals surface area contributed by atoms with Gasteiger partial charge in [-0.2, -0.15) is 0 Å². The fourth-order valence-electron chi connectivity index (χ4n) is 3.21. The van der Waals surface area contributed by atoms with E-state index in [-0.39, 0.29) is 17.9 Å². The van der Waals surface area contributed by atoms with Crippen LogP contribution in [0.5, 0.6) is 0 Å². The number of aromatic nitrogens is 3. The van der Waals surface area contributed by atoms with Gasteiger partial charge in [0.15, 0.2) is 0 Å². The molecule has 1 amide bonds. The van der Waals surface area contributed by atoms with Gasteiger partial charge in [-0.25, -0.2) is 4.98 Å². The first-order valence-corrected chi connectivity index (χ1v) is 9.28. The number of carbonyl (C=O) groups excluding carboxylic acids is 1. The quantitative estimate of drug-likeness (QED) is 0.791. The summed E-state index contributed by atoms with van der Waals surface area (Å²) in [6.45, 7) is 5.81. The maximum absolute atomic E-state index is 12.6. The van der Waals surface area contributed by atoms with Crippen molar-refractivity contribution in [1.82, 2.24) is 20.1 Å². The summed E-state index contributed by atoms with van der Waals surface area (Å²) in [6, 6.07) is 6.14. The van der Waals surface area contributed by atoms with Gasteiger partial charge in [-0.3, -0.25) is 4.79 Å². The minimum Gasteiger partial charge on any atom is -0.425 e. The van der Waals surface area contributed by atoms with Crippen molar-refractivity contribution in [3.63, 3.8) is 0 Å². The van der Waals surface area contributed by atoms with Crippen LogP contribution in [0.3, 0.4) is 0 Å². The standard InChI is InChI=1S/C19H27N5O2/c1-14(2)19-22-21-17(26-19)9-10-18(25)23(3)15-7-6-12-24(13-15)16-8-4-5-11-20-16/h4-5,8,11,14-15H,6-7,9-10,12-13H2,1-3H3/t15-/m0/s1. The smallest absolute Gasteiger partial charge is 0.223 e. The van der Waals surface area contributed by atoms with Crippen LogP contribution in [0.4, 0.5) is 5.82 Å². The highest BCUT2D eigenvalue weighted by molar-refractivity contribution is 5.76. The largest absolute Gasteiger partial charge is 0.425 e. The molecule has 3 heterocycles. The first-order valence-electron chi connectivity index (χ1n) is 9.28. The fraction of sp³-hybridized carbons (Fsp3) is 0.579. The molecular formula is C19H27N5O2. The van der Waals surface area contributed by atoms with E-state index in [0.717, 1.165) is 31.7 Å². The van der Waals surface area contributed by atoms with Gasteiger partial charge in [-0.1, -0.05) is 19.9 Å². The molecule has 3 rings (SSSR count). The molecule has 7 nitrogen and oxygen atoms in total. The second kappa shape index (κ2) is 8.29. The number of amides is 1. The Morgan fingerprint density at radius 3 is 2.92 bits per heavy atom. The second-order valence-electron chi connectivity index (χ2n) is 7.12. The molecule has 2 aromatic heterocycles. The Morgan fingerprint density at radius 2 is 2.23 bits per heavy atom. The summed E-state index contributed by atoms with van der Waals surface area (Å²) in [5.41, 5.74) is 0. The number of piperidine rings is 1. The molecule has 2 aromatic rings. The van der Waals surface area contributed by atoms with Crippen molar-refractivity contribution in [1.29, 1.82) is 0 Å². The predicted octanol–water partition coefficient (Wildman–Crippen LogP) is 2.65. The lowest BCUT2D eigenvalue weighted by atomic mass is 10.0. The average Bonchev–Trinajstić information content (AvgIpc) is 3.16. The lowest BCUT2D eigenvalue weighted by Gasteiger charge is -2.38. The molecule has 1 saturated heterocycles. The number of nitrogens with zero attached hydrogens (tertiary/aromatic N) is 5. The molecule has 0 aliphatic carbocycles. The summed E-state index contributed by atoms with van der Waals surface area (Å²) >= 11 is 0. The van der Waals surface area contributed by atoms with Crippen molar-refractivity contribution in [2.24, 2.45) is 0 Å². The van der Waals surface area contributed by atoms with Gasteiger partial charge in [0.1, 0.15) is 5.82 Å². The van der Waals surface area contributed by atoms with E-state index in [9.17, 15) is 4.79 Å². The molecule has 0 saturated carbocycles. The van der Waals surface area contributed by atoms with Crippen LogP contribution in [0.25, 0.3) is 0 Å². The van der Waals surface area contributed by atoms with Crippen LogP contribution < -0.4 is 4.90 Å². The van der Waals surface area contributed by atoms with E-state index >= 15 is 0 Å². The predicted molar refractivity (Wildman–Crippen MR) is 99.0 cm³/mol. The van der Waals surface area contributed by atoms with Crippen molar-refractivity contribution in [3.8, 4) is 0 Å². The average molecular weight is 357 g/mol. The minimum atomic E-state index is 0.113. The Kier molecular flexibility index (Phi) is 5.85. The zero-order valence-corrected chi connectivity index (χ0v) is 15.8. The van der Waals surface area contributed by atoms with Crippen molar-refractivity contribution in [3.05, 3.63) is 36.2 Å². The van der Waals surface area contributed by atoms with Crippen LogP contribution in [0.15, 0.2) is 28.8 Å². The van der Waals surface area contributed by atoms with E-state index in [4.69, 9.17) is 4.42 Å². The summed E-state index contributed by atoms with van der Waals surface area (Å²) in [5.74, 6) is 2.45. The molecule has 0 radical (unpaired) electrons. The summed E-state index contributed by atoms with van der Waals surface area (Å²) in [5, 5.41) is 8.05. The lowest BCUT2D eigenvalue weighted by Crippen LogP contribution is -2.48. The molecule has 26 heavy (non-hydrogen) atoms. The number of hydrogen-bond acceptors (Lipinski definition) is 6. The van der Waals surface area contributed by atoms with Crippen molar-refractivity contribution < 1.29 is 9.21 Å². The van der Waals surface area contributed by atoms with Gasteiger partial charge in [0, 0.05) is 51.1 Å². The summed E-state index contributed by atoms with van der Waals surface area (Å²) in [7, 11) is 1.89. The summed E-state index contributed by atoms with van der Waals surface area (Å²) < 4.78 is 5.59. The number of likely N-dealkylation sites (N-methyl/N-ethyl adjacent to an activating group) is 1. The van der Waals surface area contributed by atoms with Crippen LogP contribution >= 0.6 is 0 Å². The Balaban J connectivity index is 1.54. The fourth-order valence-corrected chi connectivity index (χ4v) is 3.21. The number of anilines is 1. The van der Waals surface area contributed by atoms with Gasteiger partial charge in [0.05, 0.1) is 0 Å². The third kappa shape index (κ3) is 4.39. The molecule has 1 aliphatic heterocycles. The van der Waals surface area contributed by atoms with E-state index in [1.807, 2.05) is 50.2 Å². The van der Waals surface area contributed by atoms with E-state index in [1.165, 1.54) is 0 Å². The molecule has 0 aromatic carbocycles. The van der Waals surface area contributed by atoms with E-state index in [2.05, 4.69) is 20.1 Å². The third-order valence-electron chi connectivity index (χ3n) is 4.84. The minimum absolute atomic E-state index is 0.113. The summed E-state index contributed by atoms with van der Waals surface area (Å²) in [4.78, 5) is 21.2. The Hall–Kier alpha value is -2.44. The highest BCUT2D eigenvalue weighted by atomic mass is 16.4. The molecule has 0 bridgehead atoms. The van der Waals surface area contributed by atoms with Gasteiger partial charge >= 0.3 is 0 Å². The molecule has 140 valence electrons. The lowest BCUT2D eigenvalue weighted by molar-refractivity contribution is -0.132. The first-order chi connectivity index (χ1) is 12.5. The number of carbonyl (C=O) groups is 1. The van der Waals surface area contributed by atoms with Crippen LogP contribution in [0.1, 0.15) is 50.8 Å². The Bertz CT molecular complexity index is 716. The maximum Gasteiger partial charge on any atom is 0.223 e. The monoisotopic (exact) mass is 357 g/mol. The Labute approximate surface area is 154 Å². The van der Waals surface area contributed by atoms with Gasteiger partial charge in [0.25, 0.3) is 0 Å². The van der Waals surface area contributed by atoms with Crippen LogP contribution in [0, 0.1) is 0 Å². The van der Waals surface area contributed by atoms with Crippen molar-refractivity contribution >= 4 is 11.7 Å². The maximum atomic E-state index is 12.6. The van der Waals surface area contributed by atoms with Gasteiger partial charge in [-0.05, 0) is 25.0 Å². The molecule has 0 unspecified atom stereocenters. The third-order valence-corrected chi connectivity index (χ3v) is 4.84. The van der Waals surface area contributed by atoms with Crippen molar-refractivity contribution in [2.75, 3.05) is 25.0 Å². The zero-order chi connectivity index (χ0) is 18.5. The van der Waals surface area contributed by atoms with Crippen LogP contribution in [-0.4, -0.2) is 52.2 Å². The molecule has 7 heteroatoms. The van der Waals surface area contributed by atoms with Gasteiger partial charge < -0.3 is 14.2 Å². The van der Waals surface area contributed by atoms with Crippen LogP contribution in [0.2, 0.25) is 0 Å². The number of rotatable bonds is 6. The number of aryl methyl sites for hydroxylation is 1. The van der Waals surface area contributed by atoms with Gasteiger partial charge in [0.2, 0.25) is 17.7 Å². The molecule has 1 atom stereocenters. The molecule has 1 fully saturated rings. The summed E-state index contributed by atoms with van der Waals surface area (Å²) in [6.07, 6.45) is 4.75. The first kappa shape index (κ1) is 18.4. The van der Waals surface area contributed by atoms with Gasteiger partial charge in [-0.15, -0.1) is 10.2 Å². The highest BCUT2D eigenvalue weighted by Crippen LogP contribution is 2.21. The second-order valence-corrected chi connectivity index (χ2v) is 7.12. The molecule has 1 aliphatic rings. The SMILES string of the molecule is CC(C)c1nnc(CCC(=O)N(C)[C@H]2CCCN(c3ccccn3)C2)o1. The van der Waals surface area contributed by atoms with E-state index < -0.39 is 0 Å². The number of hydrogen-bond donors (Lipinski definition) is 0. The topological polar surface area (TPSA) is 75.4 Å². The Morgan fingerprint density at radius 1 is 1.38 bits per heavy atom.